The summed E-state index contributed by atoms with van der Waals surface area (Å²) < 4.78 is 40.6. The van der Waals surface area contributed by atoms with Crippen LogP contribution in [0.1, 0.15) is 33.1 Å². The summed E-state index contributed by atoms with van der Waals surface area (Å²) in [6, 6.07) is 6.52. The predicted molar refractivity (Wildman–Crippen MR) is 118 cm³/mol. The van der Waals surface area contributed by atoms with E-state index in [2.05, 4.69) is 15.5 Å². The highest BCUT2D eigenvalue weighted by atomic mass is 35.5. The van der Waals surface area contributed by atoms with Crippen LogP contribution in [0.2, 0.25) is 5.02 Å². The Kier molecular flexibility index (Phi) is 6.68. The molecular weight excluding hydrogens is 494 g/mol. The van der Waals surface area contributed by atoms with Gasteiger partial charge in [0.2, 0.25) is 15.7 Å². The number of benzene rings is 1. The van der Waals surface area contributed by atoms with Crippen molar-refractivity contribution in [2.45, 2.75) is 31.1 Å². The standard InChI is InChI=1S/C20H18ClN3O7S2/c1-29-19(26)17-13-3-2-4-14(13)32-18(17)22-15(25)10-33(27,28)20-24-23-16(31-20)9-30-12-7-5-11(21)6-8-12/h5-8H,2-4,9-10H2,1H3,(H,22,25). The third-order valence-corrected chi connectivity index (χ3v) is 7.57. The van der Waals surface area contributed by atoms with Gasteiger partial charge >= 0.3 is 11.2 Å². The van der Waals surface area contributed by atoms with E-state index < -0.39 is 32.7 Å². The van der Waals surface area contributed by atoms with Crippen LogP contribution in [0.25, 0.3) is 0 Å². The smallest absolute Gasteiger partial charge is 0.341 e. The molecule has 2 aromatic heterocycles. The van der Waals surface area contributed by atoms with E-state index in [1.54, 1.807) is 24.3 Å². The Morgan fingerprint density at radius 3 is 2.70 bits per heavy atom. The number of sulfone groups is 1. The molecule has 0 aliphatic heterocycles. The number of nitrogens with zero attached hydrogens (tertiary/aromatic N) is 2. The number of hydrogen-bond donors (Lipinski definition) is 1. The Morgan fingerprint density at radius 1 is 1.21 bits per heavy atom. The van der Waals surface area contributed by atoms with Crippen molar-refractivity contribution < 1.29 is 31.9 Å². The summed E-state index contributed by atoms with van der Waals surface area (Å²) in [7, 11) is -2.97. The molecule has 33 heavy (non-hydrogen) atoms. The molecule has 0 unspecified atom stereocenters. The molecule has 2 heterocycles. The fraction of sp³-hybridized carbons (Fsp3) is 0.300. The van der Waals surface area contributed by atoms with Crippen LogP contribution in [0.3, 0.4) is 0 Å². The number of amides is 1. The number of hydrogen-bond acceptors (Lipinski definition) is 10. The van der Waals surface area contributed by atoms with Crippen LogP contribution >= 0.6 is 22.9 Å². The summed E-state index contributed by atoms with van der Waals surface area (Å²) in [5.74, 6) is -1.94. The molecule has 0 bridgehead atoms. The average Bonchev–Trinajstić information content (AvgIpc) is 3.49. The summed E-state index contributed by atoms with van der Waals surface area (Å²) >= 11 is 7.06. The zero-order valence-electron chi connectivity index (χ0n) is 17.3. The van der Waals surface area contributed by atoms with Crippen molar-refractivity contribution >= 4 is 49.7 Å². The highest BCUT2D eigenvalue weighted by Crippen LogP contribution is 2.39. The van der Waals surface area contributed by atoms with Crippen LogP contribution in [0, 0.1) is 0 Å². The van der Waals surface area contributed by atoms with Gasteiger partial charge in [0.1, 0.15) is 16.5 Å². The lowest BCUT2D eigenvalue weighted by Gasteiger charge is -2.06. The second kappa shape index (κ2) is 9.49. The predicted octanol–water partition coefficient (Wildman–Crippen LogP) is 3.05. The molecular formula is C20H18ClN3O7S2. The van der Waals surface area contributed by atoms with Crippen LogP contribution in [-0.4, -0.2) is 43.4 Å². The SMILES string of the molecule is COC(=O)c1c(NC(=O)CS(=O)(=O)c2nnc(COc3ccc(Cl)cc3)o2)sc2c1CCC2. The van der Waals surface area contributed by atoms with Crippen LogP contribution in [0.15, 0.2) is 33.9 Å². The summed E-state index contributed by atoms with van der Waals surface area (Å²) in [6.07, 6.45) is 2.41. The molecule has 0 spiro atoms. The van der Waals surface area contributed by atoms with Crippen LogP contribution in [-0.2, 0) is 38.8 Å². The number of thiophene rings is 1. The fourth-order valence-electron chi connectivity index (χ4n) is 3.31. The first-order valence-electron chi connectivity index (χ1n) is 9.73. The molecule has 174 valence electrons. The van der Waals surface area contributed by atoms with E-state index >= 15 is 0 Å². The first-order valence-corrected chi connectivity index (χ1v) is 12.6. The van der Waals surface area contributed by atoms with Crippen molar-refractivity contribution in [1.82, 2.24) is 10.2 Å². The maximum atomic E-state index is 12.6. The number of esters is 1. The Bertz CT molecular complexity index is 1300. The number of aryl methyl sites for hydroxylation is 1. The van der Waals surface area contributed by atoms with Gasteiger partial charge in [-0.1, -0.05) is 16.7 Å². The van der Waals surface area contributed by atoms with Gasteiger partial charge in [-0.2, -0.15) is 0 Å². The van der Waals surface area contributed by atoms with Crippen molar-refractivity contribution in [2.24, 2.45) is 0 Å². The minimum atomic E-state index is -4.22. The molecule has 0 radical (unpaired) electrons. The molecule has 0 saturated heterocycles. The normalized spacial score (nSPS) is 12.9. The number of ether oxygens (including phenoxy) is 2. The van der Waals surface area contributed by atoms with Gasteiger partial charge in [0.25, 0.3) is 5.89 Å². The highest BCUT2D eigenvalue weighted by Gasteiger charge is 2.30. The van der Waals surface area contributed by atoms with Crippen LogP contribution in [0.4, 0.5) is 5.00 Å². The quantitative estimate of drug-likeness (QED) is 0.452. The van der Waals surface area contributed by atoms with E-state index in [1.165, 1.54) is 18.4 Å². The first-order chi connectivity index (χ1) is 15.8. The number of rotatable bonds is 8. The maximum absolute atomic E-state index is 12.6. The average molecular weight is 512 g/mol. The Morgan fingerprint density at radius 2 is 1.97 bits per heavy atom. The maximum Gasteiger partial charge on any atom is 0.341 e. The number of anilines is 1. The largest absolute Gasteiger partial charge is 0.484 e. The first kappa shape index (κ1) is 23.2. The molecule has 10 nitrogen and oxygen atoms in total. The fourth-order valence-corrected chi connectivity index (χ4v) is 5.65. The molecule has 1 amide bonds. The third-order valence-electron chi connectivity index (χ3n) is 4.78. The Balaban J connectivity index is 1.41. The topological polar surface area (TPSA) is 138 Å². The summed E-state index contributed by atoms with van der Waals surface area (Å²) in [4.78, 5) is 25.6. The zero-order valence-corrected chi connectivity index (χ0v) is 19.7. The van der Waals surface area contributed by atoms with Gasteiger partial charge in [-0.3, -0.25) is 4.79 Å². The highest BCUT2D eigenvalue weighted by molar-refractivity contribution is 7.91. The van der Waals surface area contributed by atoms with Gasteiger partial charge in [-0.05, 0) is 49.1 Å². The minimum Gasteiger partial charge on any atom is -0.484 e. The lowest BCUT2D eigenvalue weighted by Crippen LogP contribution is -2.24. The summed E-state index contributed by atoms with van der Waals surface area (Å²) in [5, 5.41) is 9.79. The van der Waals surface area contributed by atoms with E-state index in [4.69, 9.17) is 25.5 Å². The van der Waals surface area contributed by atoms with E-state index in [9.17, 15) is 18.0 Å². The minimum absolute atomic E-state index is 0.0772. The van der Waals surface area contributed by atoms with Gasteiger partial charge in [0, 0.05) is 9.90 Å². The van der Waals surface area contributed by atoms with E-state index in [-0.39, 0.29) is 23.1 Å². The monoisotopic (exact) mass is 511 g/mol. The second-order valence-electron chi connectivity index (χ2n) is 7.06. The number of aromatic nitrogens is 2. The number of fused-ring (bicyclic) bond motifs is 1. The van der Waals surface area contributed by atoms with Crippen LogP contribution < -0.4 is 10.1 Å². The van der Waals surface area contributed by atoms with Crippen molar-refractivity contribution in [3.8, 4) is 5.75 Å². The Labute approximate surface area is 197 Å². The van der Waals surface area contributed by atoms with E-state index in [0.717, 1.165) is 23.3 Å². The number of nitrogens with one attached hydrogen (secondary N) is 1. The number of halogens is 1. The Hall–Kier alpha value is -2.96. The lowest BCUT2D eigenvalue weighted by atomic mass is 10.1. The second-order valence-corrected chi connectivity index (χ2v) is 10.5. The molecule has 0 saturated carbocycles. The molecule has 0 atom stereocenters. The molecule has 1 N–H and O–H groups in total. The van der Waals surface area contributed by atoms with Gasteiger partial charge < -0.3 is 19.2 Å². The number of carbonyl (C=O) groups is 2. The van der Waals surface area contributed by atoms with Crippen molar-refractivity contribution in [3.05, 3.63) is 51.2 Å². The molecule has 0 fully saturated rings. The number of methoxy groups -OCH3 is 1. The van der Waals surface area contributed by atoms with Gasteiger partial charge in [0.05, 0.1) is 12.7 Å². The van der Waals surface area contributed by atoms with E-state index in [0.29, 0.717) is 17.2 Å². The third kappa shape index (κ3) is 5.18. The lowest BCUT2D eigenvalue weighted by molar-refractivity contribution is -0.113. The van der Waals surface area contributed by atoms with Gasteiger partial charge in [-0.25, -0.2) is 13.2 Å². The van der Waals surface area contributed by atoms with Crippen molar-refractivity contribution in [3.63, 3.8) is 0 Å². The molecule has 4 rings (SSSR count). The van der Waals surface area contributed by atoms with Crippen molar-refractivity contribution in [1.29, 1.82) is 0 Å². The molecule has 1 aliphatic rings. The van der Waals surface area contributed by atoms with Crippen molar-refractivity contribution in [2.75, 3.05) is 18.2 Å². The van der Waals surface area contributed by atoms with E-state index in [1.807, 2.05) is 0 Å². The van der Waals surface area contributed by atoms with Crippen LogP contribution in [0.5, 0.6) is 5.75 Å². The molecule has 1 aromatic carbocycles. The summed E-state index contributed by atoms with van der Waals surface area (Å²) in [6.45, 7) is -0.167. The zero-order chi connectivity index (χ0) is 23.6. The molecule has 1 aliphatic carbocycles. The van der Waals surface area contributed by atoms with Gasteiger partial charge in [-0.15, -0.1) is 16.4 Å². The van der Waals surface area contributed by atoms with Gasteiger partial charge in [0.15, 0.2) is 6.61 Å². The molecule has 13 heteroatoms. The number of carbonyl (C=O) groups excluding carboxylic acids is 2. The molecule has 3 aromatic rings. The summed E-state index contributed by atoms with van der Waals surface area (Å²) in [5.41, 5.74) is 1.12.